The van der Waals surface area contributed by atoms with Gasteiger partial charge in [-0.3, -0.25) is 0 Å². The van der Waals surface area contributed by atoms with E-state index in [9.17, 15) is 5.11 Å². The summed E-state index contributed by atoms with van der Waals surface area (Å²) in [5, 5.41) is 10.3. The van der Waals surface area contributed by atoms with E-state index in [0.29, 0.717) is 0 Å². The summed E-state index contributed by atoms with van der Waals surface area (Å²) in [6, 6.07) is 14.0. The molecule has 2 aromatic carbocycles. The van der Waals surface area contributed by atoms with Crippen LogP contribution in [0.2, 0.25) is 0 Å². The first-order chi connectivity index (χ1) is 9.16. The SMILES string of the molecule is Cc1cccc(OC2Cc3ccccc3C2O)c1C. The second-order valence-electron chi connectivity index (χ2n) is 5.20. The molecule has 2 heteroatoms. The Kier molecular flexibility index (Phi) is 3.03. The van der Waals surface area contributed by atoms with Gasteiger partial charge in [0, 0.05) is 6.42 Å². The maximum absolute atomic E-state index is 10.3. The molecule has 0 bridgehead atoms. The summed E-state index contributed by atoms with van der Waals surface area (Å²) in [6.07, 6.45) is 0.0547. The summed E-state index contributed by atoms with van der Waals surface area (Å²) in [7, 11) is 0. The van der Waals surface area contributed by atoms with E-state index in [-0.39, 0.29) is 6.10 Å². The van der Waals surface area contributed by atoms with Gasteiger partial charge in [0.25, 0.3) is 0 Å². The molecule has 0 saturated heterocycles. The van der Waals surface area contributed by atoms with E-state index in [1.165, 1.54) is 11.1 Å². The molecule has 3 rings (SSSR count). The topological polar surface area (TPSA) is 29.5 Å². The van der Waals surface area contributed by atoms with Crippen molar-refractivity contribution in [2.75, 3.05) is 0 Å². The van der Waals surface area contributed by atoms with Gasteiger partial charge >= 0.3 is 0 Å². The maximum atomic E-state index is 10.3. The fraction of sp³-hybridized carbons (Fsp3) is 0.294. The quantitative estimate of drug-likeness (QED) is 0.890. The van der Waals surface area contributed by atoms with Gasteiger partial charge in [-0.1, -0.05) is 36.4 Å². The van der Waals surface area contributed by atoms with Crippen molar-refractivity contribution in [3.8, 4) is 5.75 Å². The normalized spacial score (nSPS) is 21.2. The molecule has 0 amide bonds. The van der Waals surface area contributed by atoms with Gasteiger partial charge < -0.3 is 9.84 Å². The smallest absolute Gasteiger partial charge is 0.133 e. The number of ether oxygens (including phenoxy) is 1. The van der Waals surface area contributed by atoms with Crippen LogP contribution in [0, 0.1) is 13.8 Å². The van der Waals surface area contributed by atoms with E-state index in [1.54, 1.807) is 0 Å². The summed E-state index contributed by atoms with van der Waals surface area (Å²) < 4.78 is 6.03. The number of hydrogen-bond acceptors (Lipinski definition) is 2. The highest BCUT2D eigenvalue weighted by Gasteiger charge is 2.32. The van der Waals surface area contributed by atoms with Crippen LogP contribution in [0.3, 0.4) is 0 Å². The number of aliphatic hydroxyl groups excluding tert-OH is 1. The first-order valence-corrected chi connectivity index (χ1v) is 6.65. The summed E-state index contributed by atoms with van der Waals surface area (Å²) in [5.41, 5.74) is 4.54. The van der Waals surface area contributed by atoms with E-state index in [1.807, 2.05) is 30.3 Å². The van der Waals surface area contributed by atoms with E-state index >= 15 is 0 Å². The maximum Gasteiger partial charge on any atom is 0.133 e. The molecular weight excluding hydrogens is 236 g/mol. The Bertz CT molecular complexity index is 604. The molecule has 0 saturated carbocycles. The molecule has 1 aliphatic rings. The van der Waals surface area contributed by atoms with Crippen molar-refractivity contribution in [3.63, 3.8) is 0 Å². The van der Waals surface area contributed by atoms with Crippen LogP contribution in [0.25, 0.3) is 0 Å². The predicted octanol–water partition coefficient (Wildman–Crippen LogP) is 3.34. The van der Waals surface area contributed by atoms with Crippen LogP contribution in [0.4, 0.5) is 0 Å². The van der Waals surface area contributed by atoms with E-state index in [4.69, 9.17) is 4.74 Å². The molecule has 98 valence electrons. The van der Waals surface area contributed by atoms with Crippen molar-refractivity contribution in [3.05, 3.63) is 64.7 Å². The lowest BCUT2D eigenvalue weighted by Gasteiger charge is -2.19. The molecule has 0 aliphatic heterocycles. The lowest BCUT2D eigenvalue weighted by molar-refractivity contribution is 0.0489. The molecule has 0 aromatic heterocycles. The lowest BCUT2D eigenvalue weighted by atomic mass is 10.1. The van der Waals surface area contributed by atoms with Gasteiger partial charge in [-0.05, 0) is 42.2 Å². The standard InChI is InChI=1S/C17H18O2/c1-11-6-5-9-15(12(11)2)19-16-10-13-7-3-4-8-14(13)17(16)18/h3-9,16-18H,10H2,1-2H3. The van der Waals surface area contributed by atoms with Crippen LogP contribution in [-0.2, 0) is 6.42 Å². The average molecular weight is 254 g/mol. The first-order valence-electron chi connectivity index (χ1n) is 6.65. The third kappa shape index (κ3) is 2.13. The monoisotopic (exact) mass is 254 g/mol. The highest BCUT2D eigenvalue weighted by molar-refractivity contribution is 5.40. The third-order valence-electron chi connectivity index (χ3n) is 3.98. The van der Waals surface area contributed by atoms with Crippen molar-refractivity contribution in [2.45, 2.75) is 32.5 Å². The van der Waals surface area contributed by atoms with Gasteiger partial charge in [-0.15, -0.1) is 0 Å². The average Bonchev–Trinajstić information content (AvgIpc) is 2.73. The second-order valence-corrected chi connectivity index (χ2v) is 5.20. The Labute approximate surface area is 113 Å². The predicted molar refractivity (Wildman–Crippen MR) is 75.4 cm³/mol. The second kappa shape index (κ2) is 4.71. The van der Waals surface area contributed by atoms with Crippen LogP contribution in [-0.4, -0.2) is 11.2 Å². The van der Waals surface area contributed by atoms with Crippen LogP contribution < -0.4 is 4.74 Å². The molecule has 2 nitrogen and oxygen atoms in total. The van der Waals surface area contributed by atoms with E-state index in [2.05, 4.69) is 26.0 Å². The first kappa shape index (κ1) is 12.2. The van der Waals surface area contributed by atoms with Gasteiger partial charge in [0.2, 0.25) is 0 Å². The zero-order valence-electron chi connectivity index (χ0n) is 11.3. The fourth-order valence-corrected chi connectivity index (χ4v) is 2.66. The summed E-state index contributed by atoms with van der Waals surface area (Å²) in [6.45, 7) is 4.13. The zero-order valence-corrected chi connectivity index (χ0v) is 11.3. The number of aliphatic hydroxyl groups is 1. The van der Waals surface area contributed by atoms with Crippen LogP contribution >= 0.6 is 0 Å². The molecule has 0 heterocycles. The minimum absolute atomic E-state index is 0.183. The van der Waals surface area contributed by atoms with Crippen LogP contribution in [0.1, 0.15) is 28.4 Å². The third-order valence-corrected chi connectivity index (χ3v) is 3.98. The molecule has 2 atom stereocenters. The highest BCUT2D eigenvalue weighted by atomic mass is 16.5. The zero-order chi connectivity index (χ0) is 13.4. The molecular formula is C17H18O2. The van der Waals surface area contributed by atoms with Crippen molar-refractivity contribution in [1.82, 2.24) is 0 Å². The van der Waals surface area contributed by atoms with Gasteiger partial charge in [0.05, 0.1) is 0 Å². The Balaban J connectivity index is 1.85. The van der Waals surface area contributed by atoms with Crippen LogP contribution in [0.15, 0.2) is 42.5 Å². The molecule has 2 aromatic rings. The summed E-state index contributed by atoms with van der Waals surface area (Å²) in [4.78, 5) is 0. The highest BCUT2D eigenvalue weighted by Crippen LogP contribution is 2.34. The Morgan fingerprint density at radius 3 is 2.63 bits per heavy atom. The number of hydrogen-bond donors (Lipinski definition) is 1. The van der Waals surface area contributed by atoms with Crippen molar-refractivity contribution < 1.29 is 9.84 Å². The summed E-state index contributed by atoms with van der Waals surface area (Å²) >= 11 is 0. The van der Waals surface area contributed by atoms with Crippen molar-refractivity contribution in [1.29, 1.82) is 0 Å². The molecule has 2 unspecified atom stereocenters. The number of fused-ring (bicyclic) bond motifs is 1. The number of benzene rings is 2. The molecule has 0 radical (unpaired) electrons. The Morgan fingerprint density at radius 2 is 1.84 bits per heavy atom. The van der Waals surface area contributed by atoms with Crippen molar-refractivity contribution in [2.24, 2.45) is 0 Å². The minimum atomic E-state index is -0.531. The van der Waals surface area contributed by atoms with Crippen molar-refractivity contribution >= 4 is 0 Å². The summed E-state index contributed by atoms with van der Waals surface area (Å²) in [5.74, 6) is 0.872. The molecule has 0 fully saturated rings. The Morgan fingerprint density at radius 1 is 1.05 bits per heavy atom. The van der Waals surface area contributed by atoms with E-state index in [0.717, 1.165) is 23.3 Å². The van der Waals surface area contributed by atoms with Gasteiger partial charge in [0.15, 0.2) is 0 Å². The van der Waals surface area contributed by atoms with Gasteiger partial charge in [-0.2, -0.15) is 0 Å². The van der Waals surface area contributed by atoms with Crippen LogP contribution in [0.5, 0.6) is 5.75 Å². The molecule has 0 spiro atoms. The van der Waals surface area contributed by atoms with E-state index < -0.39 is 6.10 Å². The molecule has 1 N–H and O–H groups in total. The Hall–Kier alpha value is -1.80. The fourth-order valence-electron chi connectivity index (χ4n) is 2.66. The lowest BCUT2D eigenvalue weighted by Crippen LogP contribution is -2.22. The molecule has 19 heavy (non-hydrogen) atoms. The number of rotatable bonds is 2. The largest absolute Gasteiger partial charge is 0.487 e. The van der Waals surface area contributed by atoms with Gasteiger partial charge in [-0.25, -0.2) is 0 Å². The molecule has 1 aliphatic carbocycles. The minimum Gasteiger partial charge on any atom is -0.487 e. The van der Waals surface area contributed by atoms with Gasteiger partial charge in [0.1, 0.15) is 18.0 Å². The number of aryl methyl sites for hydroxylation is 1.